The minimum atomic E-state index is -0.613. The van der Waals surface area contributed by atoms with Crippen LogP contribution in [0.5, 0.6) is 5.75 Å². The van der Waals surface area contributed by atoms with Crippen molar-refractivity contribution >= 4 is 16.9 Å². The van der Waals surface area contributed by atoms with Crippen molar-refractivity contribution in [1.82, 2.24) is 15.0 Å². The zero-order chi connectivity index (χ0) is 22.8. The molecule has 2 aromatic heterocycles. The average molecular weight is 453 g/mol. The molecule has 1 unspecified atom stereocenters. The summed E-state index contributed by atoms with van der Waals surface area (Å²) in [6.45, 7) is 7.29. The van der Waals surface area contributed by atoms with Gasteiger partial charge in [-0.1, -0.05) is 12.1 Å². The van der Waals surface area contributed by atoms with E-state index in [1.165, 1.54) is 0 Å². The van der Waals surface area contributed by atoms with Crippen LogP contribution >= 0.6 is 0 Å². The molecular weight excluding hydrogens is 424 g/mol. The molecule has 3 aromatic rings. The van der Waals surface area contributed by atoms with E-state index in [4.69, 9.17) is 38.6 Å². The highest BCUT2D eigenvalue weighted by molar-refractivity contribution is 5.88. The van der Waals surface area contributed by atoms with Gasteiger partial charge in [0.2, 0.25) is 0 Å². The van der Waals surface area contributed by atoms with E-state index in [1.807, 2.05) is 50.4 Å². The lowest BCUT2D eigenvalue weighted by Crippen LogP contribution is -2.37. The van der Waals surface area contributed by atoms with Gasteiger partial charge >= 0.3 is 0 Å². The molecule has 174 valence electrons. The molecule has 0 radical (unpaired) electrons. The number of rotatable bonds is 6. The molecule has 2 aliphatic rings. The Kier molecular flexibility index (Phi) is 6.11. The van der Waals surface area contributed by atoms with Crippen molar-refractivity contribution in [2.24, 2.45) is 0 Å². The fourth-order valence-corrected chi connectivity index (χ4v) is 4.02. The number of hydrogen-bond acceptors (Lipinski definition) is 9. The predicted octanol–water partition coefficient (Wildman–Crippen LogP) is 3.34. The van der Waals surface area contributed by atoms with Crippen molar-refractivity contribution in [3.63, 3.8) is 0 Å². The monoisotopic (exact) mass is 452 g/mol. The Morgan fingerprint density at radius 2 is 2.00 bits per heavy atom. The summed E-state index contributed by atoms with van der Waals surface area (Å²) in [7, 11) is 1.59. The number of hydrogen-bond donors (Lipinski definition) is 0. The Hall–Kier alpha value is -2.85. The van der Waals surface area contributed by atoms with Crippen LogP contribution in [-0.2, 0) is 18.9 Å². The summed E-state index contributed by atoms with van der Waals surface area (Å²) < 4.78 is 28.0. The standard InChI is InChI=1S/C24H28N4O5/c1-24(2)32-14-20(33-24)17-12-19-21(25-13-17)23(28-7-9-30-10-8-28)27-22(26-19)16-5-4-6-18(11-16)31-15-29-3/h4-6,11-13,20H,7-10,14-15H2,1-3H3. The topological polar surface area (TPSA) is 88.1 Å². The number of aromatic nitrogens is 3. The maximum Gasteiger partial charge on any atom is 0.188 e. The summed E-state index contributed by atoms with van der Waals surface area (Å²) in [5, 5.41) is 0. The van der Waals surface area contributed by atoms with E-state index in [2.05, 4.69) is 4.90 Å². The van der Waals surface area contributed by atoms with Crippen LogP contribution in [0.4, 0.5) is 5.82 Å². The first kappa shape index (κ1) is 22.0. The lowest BCUT2D eigenvalue weighted by Gasteiger charge is -2.28. The first-order valence-electron chi connectivity index (χ1n) is 11.1. The zero-order valence-corrected chi connectivity index (χ0v) is 19.1. The van der Waals surface area contributed by atoms with Gasteiger partial charge < -0.3 is 28.6 Å². The van der Waals surface area contributed by atoms with Crippen LogP contribution in [0.15, 0.2) is 36.5 Å². The molecule has 0 amide bonds. The molecule has 0 saturated carbocycles. The Morgan fingerprint density at radius 1 is 1.15 bits per heavy atom. The molecule has 5 rings (SSSR count). The molecule has 1 aromatic carbocycles. The first-order chi connectivity index (χ1) is 16.0. The van der Waals surface area contributed by atoms with E-state index in [-0.39, 0.29) is 12.9 Å². The lowest BCUT2D eigenvalue weighted by atomic mass is 10.1. The molecule has 2 fully saturated rings. The van der Waals surface area contributed by atoms with Crippen molar-refractivity contribution in [2.45, 2.75) is 25.7 Å². The minimum absolute atomic E-state index is 0.175. The van der Waals surface area contributed by atoms with Crippen molar-refractivity contribution < 1.29 is 23.7 Å². The van der Waals surface area contributed by atoms with Crippen LogP contribution in [0, 0.1) is 0 Å². The van der Waals surface area contributed by atoms with Crippen molar-refractivity contribution in [1.29, 1.82) is 0 Å². The SMILES string of the molecule is COCOc1cccc(-c2nc(N3CCOCC3)c3ncc(C4COC(C)(C)O4)cc3n2)c1. The van der Waals surface area contributed by atoms with E-state index in [0.29, 0.717) is 31.4 Å². The molecule has 0 bridgehead atoms. The Labute approximate surface area is 192 Å². The van der Waals surface area contributed by atoms with E-state index < -0.39 is 5.79 Å². The maximum atomic E-state index is 6.04. The van der Waals surface area contributed by atoms with E-state index in [9.17, 15) is 0 Å². The third kappa shape index (κ3) is 4.77. The van der Waals surface area contributed by atoms with Crippen LogP contribution in [-0.4, -0.2) is 67.6 Å². The van der Waals surface area contributed by atoms with Crippen LogP contribution in [0.25, 0.3) is 22.4 Å². The van der Waals surface area contributed by atoms with Crippen LogP contribution in [0.2, 0.25) is 0 Å². The van der Waals surface area contributed by atoms with E-state index in [1.54, 1.807) is 7.11 Å². The van der Waals surface area contributed by atoms with Gasteiger partial charge in [0.05, 0.1) is 25.3 Å². The molecule has 1 atom stereocenters. The number of pyridine rings is 1. The summed E-state index contributed by atoms with van der Waals surface area (Å²) in [4.78, 5) is 16.8. The molecule has 0 aliphatic carbocycles. The quantitative estimate of drug-likeness (QED) is 0.523. The maximum absolute atomic E-state index is 6.04. The number of nitrogens with zero attached hydrogens (tertiary/aromatic N) is 4. The number of fused-ring (bicyclic) bond motifs is 1. The molecule has 4 heterocycles. The summed E-state index contributed by atoms with van der Waals surface area (Å²) in [6.07, 6.45) is 1.65. The second-order valence-electron chi connectivity index (χ2n) is 8.50. The van der Waals surface area contributed by atoms with Gasteiger partial charge in [0.15, 0.2) is 24.2 Å². The Morgan fingerprint density at radius 3 is 2.76 bits per heavy atom. The van der Waals surface area contributed by atoms with Crippen molar-refractivity contribution in [3.05, 3.63) is 42.1 Å². The third-order valence-corrected chi connectivity index (χ3v) is 5.67. The molecule has 0 spiro atoms. The third-order valence-electron chi connectivity index (χ3n) is 5.67. The van der Waals surface area contributed by atoms with Gasteiger partial charge in [0.1, 0.15) is 17.4 Å². The first-order valence-corrected chi connectivity index (χ1v) is 11.1. The summed E-state index contributed by atoms with van der Waals surface area (Å²) in [6, 6.07) is 9.71. The highest BCUT2D eigenvalue weighted by Gasteiger charge is 2.34. The van der Waals surface area contributed by atoms with Gasteiger partial charge in [-0.25, -0.2) is 9.97 Å². The Bertz CT molecular complexity index is 1130. The highest BCUT2D eigenvalue weighted by atomic mass is 16.7. The number of methoxy groups -OCH3 is 1. The highest BCUT2D eigenvalue weighted by Crippen LogP contribution is 2.35. The molecule has 9 heteroatoms. The molecule has 9 nitrogen and oxygen atoms in total. The minimum Gasteiger partial charge on any atom is -0.468 e. The van der Waals surface area contributed by atoms with Gasteiger partial charge in [-0.15, -0.1) is 0 Å². The number of anilines is 1. The van der Waals surface area contributed by atoms with Gasteiger partial charge in [-0.2, -0.15) is 0 Å². The second kappa shape index (κ2) is 9.18. The number of benzene rings is 1. The number of ether oxygens (including phenoxy) is 5. The average Bonchev–Trinajstić information content (AvgIpc) is 3.22. The summed E-state index contributed by atoms with van der Waals surface area (Å²) >= 11 is 0. The van der Waals surface area contributed by atoms with Gasteiger partial charge in [0.25, 0.3) is 0 Å². The molecule has 2 aliphatic heterocycles. The molecule has 0 N–H and O–H groups in total. The van der Waals surface area contributed by atoms with Gasteiger partial charge in [0, 0.05) is 37.5 Å². The molecular formula is C24H28N4O5. The largest absolute Gasteiger partial charge is 0.468 e. The van der Waals surface area contributed by atoms with Crippen LogP contribution in [0.1, 0.15) is 25.5 Å². The van der Waals surface area contributed by atoms with Crippen LogP contribution in [0.3, 0.4) is 0 Å². The molecule has 33 heavy (non-hydrogen) atoms. The van der Waals surface area contributed by atoms with Gasteiger partial charge in [-0.3, -0.25) is 4.98 Å². The molecule has 2 saturated heterocycles. The van der Waals surface area contributed by atoms with Crippen LogP contribution < -0.4 is 9.64 Å². The fraction of sp³-hybridized carbons (Fsp3) is 0.458. The zero-order valence-electron chi connectivity index (χ0n) is 19.1. The number of morpholine rings is 1. The van der Waals surface area contributed by atoms with E-state index >= 15 is 0 Å². The second-order valence-corrected chi connectivity index (χ2v) is 8.50. The Balaban J connectivity index is 1.58. The normalized spacial score (nSPS) is 20.3. The smallest absolute Gasteiger partial charge is 0.188 e. The van der Waals surface area contributed by atoms with Crippen molar-refractivity contribution in [3.8, 4) is 17.1 Å². The summed E-state index contributed by atoms with van der Waals surface area (Å²) in [5.74, 6) is 1.49. The van der Waals surface area contributed by atoms with Crippen molar-refractivity contribution in [2.75, 3.05) is 51.7 Å². The van der Waals surface area contributed by atoms with Gasteiger partial charge in [-0.05, 0) is 32.0 Å². The van der Waals surface area contributed by atoms with E-state index in [0.717, 1.165) is 41.1 Å². The lowest BCUT2D eigenvalue weighted by molar-refractivity contribution is -0.139. The predicted molar refractivity (Wildman–Crippen MR) is 122 cm³/mol. The summed E-state index contributed by atoms with van der Waals surface area (Å²) in [5.41, 5.74) is 3.31. The fourth-order valence-electron chi connectivity index (χ4n) is 4.02.